The summed E-state index contributed by atoms with van der Waals surface area (Å²) in [4.78, 5) is 36.0. The van der Waals surface area contributed by atoms with Crippen LogP contribution in [0.3, 0.4) is 0 Å². The van der Waals surface area contributed by atoms with Crippen LogP contribution >= 0.6 is 0 Å². The van der Waals surface area contributed by atoms with Crippen LogP contribution in [0.15, 0.2) is 24.3 Å². The van der Waals surface area contributed by atoms with E-state index in [0.29, 0.717) is 4.90 Å². The number of imide groups is 1. The molecule has 0 saturated carbocycles. The number of carbonyl (C=O) groups excluding carboxylic acids is 3. The van der Waals surface area contributed by atoms with E-state index in [1.54, 1.807) is 6.92 Å². The van der Waals surface area contributed by atoms with Gasteiger partial charge < -0.3 is 4.74 Å². The maximum Gasteiger partial charge on any atom is 0.421 e. The summed E-state index contributed by atoms with van der Waals surface area (Å²) >= 11 is 0. The third-order valence-corrected chi connectivity index (χ3v) is 3.20. The van der Waals surface area contributed by atoms with Gasteiger partial charge in [0.25, 0.3) is 5.91 Å². The van der Waals surface area contributed by atoms with Crippen molar-refractivity contribution in [3.63, 3.8) is 0 Å². The van der Waals surface area contributed by atoms with Gasteiger partial charge in [-0.05, 0) is 25.1 Å². The minimum atomic E-state index is -4.59. The van der Waals surface area contributed by atoms with Crippen LogP contribution in [0.1, 0.15) is 18.9 Å². The second kappa shape index (κ2) is 6.87. The number of nitrogens with one attached hydrogen (secondary N) is 2. The van der Waals surface area contributed by atoms with Crippen LogP contribution in [0.4, 0.5) is 23.7 Å². The molecule has 1 aliphatic rings. The number of hydrazine groups is 1. The molecular formula is C14H14F3N3O4. The number of rotatable bonds is 4. The Morgan fingerprint density at radius 3 is 2.71 bits per heavy atom. The summed E-state index contributed by atoms with van der Waals surface area (Å²) in [6.07, 6.45) is -5.73. The molecule has 1 saturated heterocycles. The number of benzene rings is 1. The van der Waals surface area contributed by atoms with Crippen LogP contribution in [-0.2, 0) is 20.5 Å². The molecule has 1 fully saturated rings. The first-order chi connectivity index (χ1) is 11.2. The summed E-state index contributed by atoms with van der Waals surface area (Å²) in [5.41, 5.74) is 3.27. The molecule has 10 heteroatoms. The van der Waals surface area contributed by atoms with E-state index in [-0.39, 0.29) is 18.7 Å². The fourth-order valence-electron chi connectivity index (χ4n) is 2.15. The van der Waals surface area contributed by atoms with Gasteiger partial charge in [0.2, 0.25) is 5.91 Å². The number of anilines is 1. The Balaban J connectivity index is 2.13. The summed E-state index contributed by atoms with van der Waals surface area (Å²) < 4.78 is 42.8. The molecule has 0 spiro atoms. The van der Waals surface area contributed by atoms with E-state index in [2.05, 4.69) is 15.6 Å². The van der Waals surface area contributed by atoms with Crippen molar-refractivity contribution in [2.45, 2.75) is 25.6 Å². The van der Waals surface area contributed by atoms with Crippen molar-refractivity contribution < 1.29 is 32.3 Å². The Kier molecular flexibility index (Phi) is 5.07. The van der Waals surface area contributed by atoms with Crippen LogP contribution in [0, 0.1) is 0 Å². The molecule has 1 aromatic rings. The van der Waals surface area contributed by atoms with Crippen molar-refractivity contribution in [2.24, 2.45) is 0 Å². The first-order valence-corrected chi connectivity index (χ1v) is 6.96. The van der Waals surface area contributed by atoms with Crippen molar-refractivity contribution in [3.8, 4) is 0 Å². The van der Waals surface area contributed by atoms with E-state index in [1.807, 2.05) is 0 Å². The Hall–Kier alpha value is -2.62. The smallest absolute Gasteiger partial charge is 0.421 e. The predicted molar refractivity (Wildman–Crippen MR) is 75.6 cm³/mol. The van der Waals surface area contributed by atoms with E-state index < -0.39 is 35.7 Å². The summed E-state index contributed by atoms with van der Waals surface area (Å²) in [5.74, 6) is -1.45. The molecule has 0 radical (unpaired) electrons. The largest absolute Gasteiger partial charge is 0.449 e. The second-order valence-corrected chi connectivity index (χ2v) is 4.86. The Labute approximate surface area is 134 Å². The molecular weight excluding hydrogens is 331 g/mol. The average molecular weight is 345 g/mol. The van der Waals surface area contributed by atoms with Gasteiger partial charge in [0.05, 0.1) is 24.3 Å². The summed E-state index contributed by atoms with van der Waals surface area (Å²) in [5, 5.41) is 0. The molecule has 130 valence electrons. The lowest BCUT2D eigenvalue weighted by Crippen LogP contribution is -2.48. The summed E-state index contributed by atoms with van der Waals surface area (Å²) in [6.45, 7) is 1.70. The molecule has 0 aromatic heterocycles. The van der Waals surface area contributed by atoms with Gasteiger partial charge in [-0.3, -0.25) is 15.0 Å². The van der Waals surface area contributed by atoms with E-state index in [4.69, 9.17) is 0 Å². The van der Waals surface area contributed by atoms with Gasteiger partial charge >= 0.3 is 12.3 Å². The number of halogens is 3. The molecule has 7 nitrogen and oxygen atoms in total. The monoisotopic (exact) mass is 345 g/mol. The molecule has 0 bridgehead atoms. The molecule has 3 amide bonds. The van der Waals surface area contributed by atoms with Gasteiger partial charge in [-0.25, -0.2) is 15.1 Å². The van der Waals surface area contributed by atoms with E-state index in [1.165, 1.54) is 6.07 Å². The third-order valence-electron chi connectivity index (χ3n) is 3.20. The highest BCUT2D eigenvalue weighted by Gasteiger charge is 2.40. The molecule has 2 rings (SSSR count). The maximum absolute atomic E-state index is 12.7. The number of hydrogen-bond acceptors (Lipinski definition) is 5. The Morgan fingerprint density at radius 1 is 1.38 bits per heavy atom. The molecule has 2 N–H and O–H groups in total. The van der Waals surface area contributed by atoms with Crippen LogP contribution in [-0.4, -0.2) is 30.6 Å². The highest BCUT2D eigenvalue weighted by Crippen LogP contribution is 2.32. The first kappa shape index (κ1) is 17.7. The standard InChI is InChI=1S/C14H14F3N3O4/c1-2-24-13(23)19-18-10-7-11(21)20(12(10)22)9-5-3-4-8(6-9)14(15,16)17/h3-6,10,18H,2,7H2,1H3,(H,19,23). The normalized spacial score (nSPS) is 18.0. The third kappa shape index (κ3) is 3.82. The number of amides is 3. The van der Waals surface area contributed by atoms with Crippen LogP contribution < -0.4 is 15.8 Å². The lowest BCUT2D eigenvalue weighted by molar-refractivity contribution is -0.137. The highest BCUT2D eigenvalue weighted by atomic mass is 19.4. The van der Waals surface area contributed by atoms with Crippen molar-refractivity contribution in [3.05, 3.63) is 29.8 Å². The maximum atomic E-state index is 12.7. The number of hydrogen-bond donors (Lipinski definition) is 2. The SMILES string of the molecule is CCOC(=O)NNC1CC(=O)N(c2cccc(C(F)(F)F)c2)C1=O. The zero-order valence-corrected chi connectivity index (χ0v) is 12.5. The lowest BCUT2D eigenvalue weighted by atomic mass is 10.2. The number of nitrogens with zero attached hydrogens (tertiary/aromatic N) is 1. The van der Waals surface area contributed by atoms with Gasteiger partial charge in [0, 0.05) is 0 Å². The van der Waals surface area contributed by atoms with Crippen LogP contribution in [0.5, 0.6) is 0 Å². The zero-order valence-electron chi connectivity index (χ0n) is 12.5. The topological polar surface area (TPSA) is 87.7 Å². The van der Waals surface area contributed by atoms with Crippen molar-refractivity contribution >= 4 is 23.6 Å². The molecule has 1 aromatic carbocycles. The quantitative estimate of drug-likeness (QED) is 0.639. The second-order valence-electron chi connectivity index (χ2n) is 4.86. The molecule has 0 aliphatic carbocycles. The van der Waals surface area contributed by atoms with Gasteiger partial charge in [0.15, 0.2) is 0 Å². The van der Waals surface area contributed by atoms with E-state index >= 15 is 0 Å². The molecule has 24 heavy (non-hydrogen) atoms. The molecule has 1 atom stereocenters. The first-order valence-electron chi connectivity index (χ1n) is 6.96. The number of ether oxygens (including phenoxy) is 1. The van der Waals surface area contributed by atoms with Crippen molar-refractivity contribution in [1.29, 1.82) is 0 Å². The molecule has 1 heterocycles. The van der Waals surface area contributed by atoms with Crippen molar-refractivity contribution in [2.75, 3.05) is 11.5 Å². The Morgan fingerprint density at radius 2 is 2.08 bits per heavy atom. The van der Waals surface area contributed by atoms with Gasteiger partial charge in [0.1, 0.15) is 6.04 Å². The minimum absolute atomic E-state index is 0.113. The lowest BCUT2D eigenvalue weighted by Gasteiger charge is -2.17. The van der Waals surface area contributed by atoms with Crippen LogP contribution in [0.2, 0.25) is 0 Å². The Bertz CT molecular complexity index is 663. The van der Waals surface area contributed by atoms with Gasteiger partial charge in [-0.2, -0.15) is 13.2 Å². The van der Waals surface area contributed by atoms with E-state index in [0.717, 1.165) is 18.2 Å². The summed E-state index contributed by atoms with van der Waals surface area (Å²) in [6, 6.07) is 2.81. The highest BCUT2D eigenvalue weighted by molar-refractivity contribution is 6.22. The fourth-order valence-corrected chi connectivity index (χ4v) is 2.15. The van der Waals surface area contributed by atoms with Crippen LogP contribution in [0.25, 0.3) is 0 Å². The van der Waals surface area contributed by atoms with Gasteiger partial charge in [-0.15, -0.1) is 0 Å². The van der Waals surface area contributed by atoms with E-state index in [9.17, 15) is 27.6 Å². The fraction of sp³-hybridized carbons (Fsp3) is 0.357. The predicted octanol–water partition coefficient (Wildman–Crippen LogP) is 1.59. The van der Waals surface area contributed by atoms with Crippen molar-refractivity contribution in [1.82, 2.24) is 10.9 Å². The average Bonchev–Trinajstić information content (AvgIpc) is 2.79. The zero-order chi connectivity index (χ0) is 17.9. The minimum Gasteiger partial charge on any atom is -0.449 e. The molecule has 1 unspecified atom stereocenters. The summed E-state index contributed by atoms with van der Waals surface area (Å²) in [7, 11) is 0. The van der Waals surface area contributed by atoms with Gasteiger partial charge in [-0.1, -0.05) is 6.07 Å². The number of carbonyl (C=O) groups is 3. The molecule has 1 aliphatic heterocycles. The number of alkyl halides is 3.